The minimum Gasteiger partial charge on any atom is -0.493 e. The molecule has 0 aromatic heterocycles. The number of imide groups is 1. The Bertz CT molecular complexity index is 799. The molecular weight excluding hydrogens is 334 g/mol. The molecule has 0 aliphatic heterocycles. The van der Waals surface area contributed by atoms with Gasteiger partial charge in [0, 0.05) is 17.2 Å². The van der Waals surface area contributed by atoms with Crippen molar-refractivity contribution in [2.24, 2.45) is 0 Å². The fourth-order valence-corrected chi connectivity index (χ4v) is 2.07. The Morgan fingerprint density at radius 1 is 1.00 bits per heavy atom. The topological polar surface area (TPSA) is 81.7 Å². The lowest BCUT2D eigenvalue weighted by molar-refractivity contribution is -0.143. The Morgan fingerprint density at radius 3 is 2.42 bits per heavy atom. The van der Waals surface area contributed by atoms with E-state index in [0.29, 0.717) is 17.9 Å². The number of rotatable bonds is 7. The minimum absolute atomic E-state index is 0.347. The second-order valence-electron chi connectivity index (χ2n) is 5.16. The van der Waals surface area contributed by atoms with Crippen molar-refractivity contribution in [1.29, 1.82) is 0 Å². The van der Waals surface area contributed by atoms with Crippen LogP contribution in [-0.4, -0.2) is 31.0 Å². The van der Waals surface area contributed by atoms with Crippen molar-refractivity contribution in [3.8, 4) is 5.75 Å². The van der Waals surface area contributed by atoms with Gasteiger partial charge in [0.15, 0.2) is 6.61 Å². The highest BCUT2D eigenvalue weighted by molar-refractivity contribution is 6.05. The van der Waals surface area contributed by atoms with Crippen LogP contribution in [0, 0.1) is 0 Å². The van der Waals surface area contributed by atoms with Gasteiger partial charge in [-0.25, -0.2) is 4.79 Å². The highest BCUT2D eigenvalue weighted by Gasteiger charge is 2.11. The molecule has 0 radical (unpaired) electrons. The molecule has 26 heavy (non-hydrogen) atoms. The number of carbonyl (C=O) groups excluding carboxylic acids is 3. The summed E-state index contributed by atoms with van der Waals surface area (Å²) in [5, 5.41) is 2.15. The van der Waals surface area contributed by atoms with Gasteiger partial charge < -0.3 is 9.47 Å². The SMILES string of the molecule is CCOc1ccccc1/C=C/C(=O)OCC(=O)NC(=O)c1ccccc1. The molecule has 2 aromatic rings. The van der Waals surface area contributed by atoms with Gasteiger partial charge in [0.2, 0.25) is 0 Å². The molecule has 134 valence electrons. The Kier molecular flexibility index (Phi) is 7.12. The van der Waals surface area contributed by atoms with Gasteiger partial charge in [0.25, 0.3) is 11.8 Å². The summed E-state index contributed by atoms with van der Waals surface area (Å²) in [7, 11) is 0. The van der Waals surface area contributed by atoms with Crippen molar-refractivity contribution in [3.63, 3.8) is 0 Å². The fraction of sp³-hybridized carbons (Fsp3) is 0.150. The second kappa shape index (κ2) is 9.78. The number of para-hydroxylation sites is 1. The Morgan fingerprint density at radius 2 is 1.69 bits per heavy atom. The summed E-state index contributed by atoms with van der Waals surface area (Å²) in [5.74, 6) is -1.30. The van der Waals surface area contributed by atoms with E-state index in [0.717, 1.165) is 5.56 Å². The summed E-state index contributed by atoms with van der Waals surface area (Å²) in [4.78, 5) is 35.2. The first kappa shape index (κ1) is 18.9. The van der Waals surface area contributed by atoms with E-state index in [1.807, 2.05) is 19.1 Å². The van der Waals surface area contributed by atoms with E-state index in [1.165, 1.54) is 6.08 Å². The van der Waals surface area contributed by atoms with Crippen molar-refractivity contribution in [3.05, 3.63) is 71.8 Å². The van der Waals surface area contributed by atoms with Crippen molar-refractivity contribution in [1.82, 2.24) is 5.32 Å². The molecule has 0 fully saturated rings. The maximum Gasteiger partial charge on any atom is 0.331 e. The maximum absolute atomic E-state index is 11.8. The molecule has 2 rings (SSSR count). The first-order valence-corrected chi connectivity index (χ1v) is 8.06. The molecular formula is C20H19NO5. The van der Waals surface area contributed by atoms with Crippen LogP contribution in [0.1, 0.15) is 22.8 Å². The van der Waals surface area contributed by atoms with Gasteiger partial charge >= 0.3 is 5.97 Å². The molecule has 0 bridgehead atoms. The van der Waals surface area contributed by atoms with Crippen LogP contribution < -0.4 is 10.1 Å². The van der Waals surface area contributed by atoms with Gasteiger partial charge in [-0.1, -0.05) is 36.4 Å². The summed E-state index contributed by atoms with van der Waals surface area (Å²) in [5.41, 5.74) is 1.06. The van der Waals surface area contributed by atoms with E-state index < -0.39 is 24.4 Å². The van der Waals surface area contributed by atoms with Gasteiger partial charge in [-0.15, -0.1) is 0 Å². The molecule has 0 heterocycles. The molecule has 0 spiro atoms. The smallest absolute Gasteiger partial charge is 0.331 e. The number of amides is 2. The molecule has 6 nitrogen and oxygen atoms in total. The van der Waals surface area contributed by atoms with Crippen molar-refractivity contribution in [2.75, 3.05) is 13.2 Å². The van der Waals surface area contributed by atoms with E-state index in [2.05, 4.69) is 5.32 Å². The van der Waals surface area contributed by atoms with Crippen molar-refractivity contribution < 1.29 is 23.9 Å². The average Bonchev–Trinajstić information content (AvgIpc) is 2.66. The van der Waals surface area contributed by atoms with Gasteiger partial charge in [-0.05, 0) is 31.2 Å². The highest BCUT2D eigenvalue weighted by Crippen LogP contribution is 2.19. The number of carbonyl (C=O) groups is 3. The van der Waals surface area contributed by atoms with Crippen molar-refractivity contribution in [2.45, 2.75) is 6.92 Å². The Labute approximate surface area is 151 Å². The number of ether oxygens (including phenoxy) is 2. The maximum atomic E-state index is 11.8. The molecule has 0 saturated heterocycles. The third-order valence-corrected chi connectivity index (χ3v) is 3.25. The van der Waals surface area contributed by atoms with E-state index >= 15 is 0 Å². The zero-order valence-electron chi connectivity index (χ0n) is 14.3. The van der Waals surface area contributed by atoms with Gasteiger partial charge in [0.1, 0.15) is 5.75 Å². The van der Waals surface area contributed by atoms with E-state index in [9.17, 15) is 14.4 Å². The standard InChI is InChI=1S/C20H19NO5/c1-2-25-17-11-7-6-8-15(17)12-13-19(23)26-14-18(22)21-20(24)16-9-4-3-5-10-16/h3-13H,2,14H2,1H3,(H,21,22,24)/b13-12+. The predicted octanol–water partition coefficient (Wildman–Crippen LogP) is 2.60. The Balaban J connectivity index is 1.83. The molecule has 0 aliphatic carbocycles. The first-order valence-electron chi connectivity index (χ1n) is 8.06. The van der Waals surface area contributed by atoms with Crippen LogP contribution in [0.2, 0.25) is 0 Å². The third-order valence-electron chi connectivity index (χ3n) is 3.25. The average molecular weight is 353 g/mol. The molecule has 1 N–H and O–H groups in total. The molecule has 0 aliphatic rings. The second-order valence-corrected chi connectivity index (χ2v) is 5.16. The number of hydrogen-bond donors (Lipinski definition) is 1. The van der Waals surface area contributed by atoms with Crippen LogP contribution in [0.4, 0.5) is 0 Å². The third kappa shape index (κ3) is 5.90. The van der Waals surface area contributed by atoms with Crippen LogP contribution in [-0.2, 0) is 14.3 Å². The molecule has 0 unspecified atom stereocenters. The monoisotopic (exact) mass is 353 g/mol. The minimum atomic E-state index is -0.699. The summed E-state index contributed by atoms with van der Waals surface area (Å²) >= 11 is 0. The van der Waals surface area contributed by atoms with E-state index in [4.69, 9.17) is 9.47 Å². The number of nitrogens with one attached hydrogen (secondary N) is 1. The summed E-state index contributed by atoms with van der Waals surface area (Å²) < 4.78 is 10.3. The molecule has 0 saturated carbocycles. The van der Waals surface area contributed by atoms with E-state index in [-0.39, 0.29) is 0 Å². The normalized spacial score (nSPS) is 10.3. The quantitative estimate of drug-likeness (QED) is 0.611. The fourth-order valence-electron chi connectivity index (χ4n) is 2.07. The van der Waals surface area contributed by atoms with Gasteiger partial charge in [-0.3, -0.25) is 14.9 Å². The lowest BCUT2D eigenvalue weighted by Crippen LogP contribution is -2.33. The largest absolute Gasteiger partial charge is 0.493 e. The van der Waals surface area contributed by atoms with Crippen LogP contribution >= 0.6 is 0 Å². The summed E-state index contributed by atoms with van der Waals surface area (Å²) in [6.07, 6.45) is 2.74. The molecule has 0 atom stereocenters. The molecule has 2 aromatic carbocycles. The zero-order chi connectivity index (χ0) is 18.8. The lowest BCUT2D eigenvalue weighted by atomic mass is 10.2. The van der Waals surface area contributed by atoms with Crippen LogP contribution in [0.15, 0.2) is 60.7 Å². The number of esters is 1. The number of benzene rings is 2. The van der Waals surface area contributed by atoms with Crippen LogP contribution in [0.5, 0.6) is 5.75 Å². The van der Waals surface area contributed by atoms with Crippen LogP contribution in [0.3, 0.4) is 0 Å². The van der Waals surface area contributed by atoms with Crippen molar-refractivity contribution >= 4 is 23.9 Å². The lowest BCUT2D eigenvalue weighted by Gasteiger charge is -2.06. The van der Waals surface area contributed by atoms with E-state index in [1.54, 1.807) is 48.5 Å². The summed E-state index contributed by atoms with van der Waals surface area (Å²) in [6, 6.07) is 15.5. The Hall–Kier alpha value is -3.41. The summed E-state index contributed by atoms with van der Waals surface area (Å²) in [6.45, 7) is 1.82. The van der Waals surface area contributed by atoms with Crippen LogP contribution in [0.25, 0.3) is 6.08 Å². The van der Waals surface area contributed by atoms with Gasteiger partial charge in [-0.2, -0.15) is 0 Å². The first-order chi connectivity index (χ1) is 12.6. The van der Waals surface area contributed by atoms with Gasteiger partial charge in [0.05, 0.1) is 6.61 Å². The molecule has 6 heteroatoms. The predicted molar refractivity (Wildman–Crippen MR) is 96.5 cm³/mol. The zero-order valence-corrected chi connectivity index (χ0v) is 14.3. The highest BCUT2D eigenvalue weighted by atomic mass is 16.5. The number of hydrogen-bond acceptors (Lipinski definition) is 5. The molecule has 2 amide bonds.